The van der Waals surface area contributed by atoms with Gasteiger partial charge in [0.2, 0.25) is 5.91 Å². The first kappa shape index (κ1) is 8.09. The zero-order valence-corrected chi connectivity index (χ0v) is 8.08. The lowest BCUT2D eigenvalue weighted by molar-refractivity contribution is -0.144. The van der Waals surface area contributed by atoms with Gasteiger partial charge in [-0.1, -0.05) is 6.92 Å². The molecule has 2 rings (SSSR count). The fraction of sp³-hybridized carbons (Fsp3) is 0.900. The summed E-state index contributed by atoms with van der Waals surface area (Å²) in [6, 6.07) is 1.00. The number of carbonyl (C=O) groups excluding carboxylic acids is 1. The third-order valence-corrected chi connectivity index (χ3v) is 3.31. The van der Waals surface area contributed by atoms with Gasteiger partial charge in [0.15, 0.2) is 0 Å². The molecule has 1 heterocycles. The van der Waals surface area contributed by atoms with Crippen LogP contribution in [0.5, 0.6) is 0 Å². The highest BCUT2D eigenvalue weighted by atomic mass is 16.2. The van der Waals surface area contributed by atoms with Crippen LogP contribution < -0.4 is 0 Å². The zero-order chi connectivity index (χ0) is 8.88. The number of hydrogen-bond donors (Lipinski definition) is 0. The first-order chi connectivity index (χ1) is 5.61. The number of carbonyl (C=O) groups is 1. The second kappa shape index (κ2) is 2.48. The Morgan fingerprint density at radius 3 is 2.00 bits per heavy atom. The second-order valence-electron chi connectivity index (χ2n) is 4.50. The molecule has 0 bridgehead atoms. The van der Waals surface area contributed by atoms with Crippen LogP contribution in [0.4, 0.5) is 0 Å². The van der Waals surface area contributed by atoms with Crippen molar-refractivity contribution in [3.8, 4) is 0 Å². The zero-order valence-electron chi connectivity index (χ0n) is 8.08. The van der Waals surface area contributed by atoms with E-state index in [1.54, 1.807) is 0 Å². The van der Waals surface area contributed by atoms with Crippen LogP contribution in [0, 0.1) is 11.8 Å². The molecule has 68 valence electrons. The summed E-state index contributed by atoms with van der Waals surface area (Å²) < 4.78 is 0. The molecular formula is C10H17NO. The lowest BCUT2D eigenvalue weighted by Gasteiger charge is -2.45. The molecule has 2 aliphatic rings. The molecule has 4 atom stereocenters. The molecule has 0 N–H and O–H groups in total. The highest BCUT2D eigenvalue weighted by molar-refractivity contribution is 5.82. The van der Waals surface area contributed by atoms with Gasteiger partial charge in [-0.15, -0.1) is 0 Å². The topological polar surface area (TPSA) is 20.3 Å². The largest absolute Gasteiger partial charge is 0.337 e. The Balaban J connectivity index is 1.95. The van der Waals surface area contributed by atoms with Gasteiger partial charge in [-0.05, 0) is 32.6 Å². The molecule has 0 spiro atoms. The molecular weight excluding hydrogens is 150 g/mol. The minimum absolute atomic E-state index is 0.371. The van der Waals surface area contributed by atoms with E-state index in [0.29, 0.717) is 29.8 Å². The molecule has 2 fully saturated rings. The van der Waals surface area contributed by atoms with E-state index in [-0.39, 0.29) is 0 Å². The Bertz CT molecular complexity index is 206. The first-order valence-corrected chi connectivity index (χ1v) is 4.93. The van der Waals surface area contributed by atoms with Gasteiger partial charge in [-0.25, -0.2) is 0 Å². The Hall–Kier alpha value is -0.530. The average molecular weight is 167 g/mol. The van der Waals surface area contributed by atoms with Crippen LogP contribution in [0.2, 0.25) is 0 Å². The maximum Gasteiger partial charge on any atom is 0.226 e. The molecule has 4 unspecified atom stereocenters. The normalized spacial score (nSPS) is 45.4. The maximum atomic E-state index is 11.7. The van der Waals surface area contributed by atoms with Crippen molar-refractivity contribution in [1.29, 1.82) is 0 Å². The predicted molar refractivity (Wildman–Crippen MR) is 47.7 cm³/mol. The van der Waals surface area contributed by atoms with Gasteiger partial charge in [0.1, 0.15) is 0 Å². The van der Waals surface area contributed by atoms with Crippen molar-refractivity contribution in [2.24, 2.45) is 11.8 Å². The molecule has 0 aromatic carbocycles. The van der Waals surface area contributed by atoms with E-state index in [1.807, 2.05) is 0 Å². The Labute approximate surface area is 73.9 Å². The average Bonchev–Trinajstić information content (AvgIpc) is 2.66. The summed E-state index contributed by atoms with van der Waals surface area (Å²) in [4.78, 5) is 13.8. The van der Waals surface area contributed by atoms with E-state index in [9.17, 15) is 4.79 Å². The van der Waals surface area contributed by atoms with Crippen LogP contribution in [0.1, 0.15) is 33.6 Å². The van der Waals surface area contributed by atoms with Crippen LogP contribution in [-0.2, 0) is 4.79 Å². The van der Waals surface area contributed by atoms with Crippen LogP contribution in [-0.4, -0.2) is 22.9 Å². The summed E-state index contributed by atoms with van der Waals surface area (Å²) >= 11 is 0. The quantitative estimate of drug-likeness (QED) is 0.581. The molecule has 0 aromatic rings. The number of rotatable bonds is 1. The van der Waals surface area contributed by atoms with Gasteiger partial charge in [0.25, 0.3) is 0 Å². The van der Waals surface area contributed by atoms with Crippen molar-refractivity contribution in [1.82, 2.24) is 4.90 Å². The molecule has 2 nitrogen and oxygen atoms in total. The number of amides is 1. The minimum Gasteiger partial charge on any atom is -0.337 e. The van der Waals surface area contributed by atoms with E-state index in [1.165, 1.54) is 6.42 Å². The van der Waals surface area contributed by atoms with Gasteiger partial charge < -0.3 is 4.90 Å². The van der Waals surface area contributed by atoms with Gasteiger partial charge >= 0.3 is 0 Å². The maximum absolute atomic E-state index is 11.7. The van der Waals surface area contributed by atoms with E-state index < -0.39 is 0 Å². The van der Waals surface area contributed by atoms with Crippen LogP contribution >= 0.6 is 0 Å². The summed E-state index contributed by atoms with van der Waals surface area (Å²) in [5, 5.41) is 0. The fourth-order valence-corrected chi connectivity index (χ4v) is 2.31. The van der Waals surface area contributed by atoms with Gasteiger partial charge in [-0.2, -0.15) is 0 Å². The standard InChI is InChI=1S/C10H17NO/c1-6-4-9(6)10(12)11-7(2)5-8(11)3/h6-9H,4-5H2,1-3H3. The van der Waals surface area contributed by atoms with Gasteiger partial charge in [0, 0.05) is 18.0 Å². The molecule has 1 amide bonds. The van der Waals surface area contributed by atoms with Crippen molar-refractivity contribution >= 4 is 5.91 Å². The summed E-state index contributed by atoms with van der Waals surface area (Å²) in [6.45, 7) is 6.45. The molecule has 2 heteroatoms. The van der Waals surface area contributed by atoms with Crippen LogP contribution in [0.15, 0.2) is 0 Å². The summed E-state index contributed by atoms with van der Waals surface area (Å²) in [5.41, 5.74) is 0. The van der Waals surface area contributed by atoms with Gasteiger partial charge in [0.05, 0.1) is 0 Å². The molecule has 1 aliphatic heterocycles. The third kappa shape index (κ3) is 1.05. The van der Waals surface area contributed by atoms with Crippen molar-refractivity contribution < 1.29 is 4.79 Å². The molecule has 1 saturated carbocycles. The lowest BCUT2D eigenvalue weighted by Crippen LogP contribution is -2.56. The number of hydrogen-bond acceptors (Lipinski definition) is 1. The van der Waals surface area contributed by atoms with Gasteiger partial charge in [-0.3, -0.25) is 4.79 Å². The van der Waals surface area contributed by atoms with Crippen molar-refractivity contribution in [2.45, 2.75) is 45.7 Å². The SMILES string of the molecule is CC1CC1C(=O)N1C(C)CC1C. The summed E-state index contributed by atoms with van der Waals surface area (Å²) in [7, 11) is 0. The van der Waals surface area contributed by atoms with E-state index in [2.05, 4.69) is 25.7 Å². The first-order valence-electron chi connectivity index (χ1n) is 4.93. The fourth-order valence-electron chi connectivity index (χ4n) is 2.31. The van der Waals surface area contributed by atoms with Crippen molar-refractivity contribution in [3.63, 3.8) is 0 Å². The molecule has 12 heavy (non-hydrogen) atoms. The molecule has 1 saturated heterocycles. The Morgan fingerprint density at radius 1 is 1.17 bits per heavy atom. The lowest BCUT2D eigenvalue weighted by atomic mass is 9.95. The highest BCUT2D eigenvalue weighted by Crippen LogP contribution is 2.42. The van der Waals surface area contributed by atoms with E-state index in [0.717, 1.165) is 6.42 Å². The van der Waals surface area contributed by atoms with Crippen LogP contribution in [0.3, 0.4) is 0 Å². The smallest absolute Gasteiger partial charge is 0.226 e. The Kier molecular flexibility index (Phi) is 1.67. The van der Waals surface area contributed by atoms with Crippen LogP contribution in [0.25, 0.3) is 0 Å². The number of likely N-dealkylation sites (tertiary alicyclic amines) is 1. The van der Waals surface area contributed by atoms with E-state index in [4.69, 9.17) is 0 Å². The highest BCUT2D eigenvalue weighted by Gasteiger charge is 2.46. The Morgan fingerprint density at radius 2 is 1.67 bits per heavy atom. The third-order valence-electron chi connectivity index (χ3n) is 3.31. The predicted octanol–water partition coefficient (Wildman–Crippen LogP) is 1.65. The molecule has 0 radical (unpaired) electrons. The van der Waals surface area contributed by atoms with Crippen molar-refractivity contribution in [2.75, 3.05) is 0 Å². The monoisotopic (exact) mass is 167 g/mol. The van der Waals surface area contributed by atoms with E-state index >= 15 is 0 Å². The molecule has 1 aliphatic carbocycles. The van der Waals surface area contributed by atoms with Crippen molar-refractivity contribution in [3.05, 3.63) is 0 Å². The summed E-state index contributed by atoms with van der Waals surface area (Å²) in [6.07, 6.45) is 2.31. The number of nitrogens with zero attached hydrogens (tertiary/aromatic N) is 1. The second-order valence-corrected chi connectivity index (χ2v) is 4.50. The molecule has 0 aromatic heterocycles. The summed E-state index contributed by atoms with van der Waals surface area (Å²) in [5.74, 6) is 1.43. The minimum atomic E-state index is 0.371.